The average molecular weight is 398 g/mol. The quantitative estimate of drug-likeness (QED) is 0.803. The molecule has 8 heteroatoms. The van der Waals surface area contributed by atoms with Gasteiger partial charge in [0.15, 0.2) is 0 Å². The summed E-state index contributed by atoms with van der Waals surface area (Å²) >= 11 is 0. The van der Waals surface area contributed by atoms with E-state index in [1.54, 1.807) is 25.6 Å². The second-order valence-electron chi connectivity index (χ2n) is 8.00. The molecular weight excluding hydrogens is 372 g/mol. The van der Waals surface area contributed by atoms with E-state index in [9.17, 15) is 9.59 Å². The predicted octanol–water partition coefficient (Wildman–Crippen LogP) is 2.94. The molecule has 8 nitrogen and oxygen atoms in total. The Balaban J connectivity index is 1.47. The van der Waals surface area contributed by atoms with Crippen molar-refractivity contribution in [3.8, 4) is 17.0 Å². The molecule has 0 atom stereocenters. The van der Waals surface area contributed by atoms with Crippen molar-refractivity contribution in [2.24, 2.45) is 0 Å². The fourth-order valence-electron chi connectivity index (χ4n) is 2.94. The second kappa shape index (κ2) is 8.46. The average Bonchev–Trinajstić information content (AvgIpc) is 2.65. The van der Waals surface area contributed by atoms with Gasteiger partial charge >= 0.3 is 6.09 Å². The molecule has 1 fully saturated rings. The van der Waals surface area contributed by atoms with E-state index in [1.807, 2.05) is 39.0 Å². The van der Waals surface area contributed by atoms with Crippen LogP contribution >= 0.6 is 0 Å². The van der Waals surface area contributed by atoms with Crippen molar-refractivity contribution in [3.05, 3.63) is 42.4 Å². The molecule has 29 heavy (non-hydrogen) atoms. The Labute approximate surface area is 170 Å². The van der Waals surface area contributed by atoms with Crippen molar-refractivity contribution in [2.45, 2.75) is 51.3 Å². The van der Waals surface area contributed by atoms with Crippen LogP contribution in [0.4, 0.5) is 4.79 Å². The van der Waals surface area contributed by atoms with Gasteiger partial charge in [0.25, 0.3) is 5.91 Å². The molecule has 0 aromatic carbocycles. The first-order valence-electron chi connectivity index (χ1n) is 9.50. The molecule has 2 aromatic heterocycles. The van der Waals surface area contributed by atoms with Crippen molar-refractivity contribution >= 4 is 12.0 Å². The SMILES string of the molecule is COc1ccc(-c2ccc(C(=O)NC3CC(NC(=O)OC(C)(C)C)C3)nc2)nc1. The summed E-state index contributed by atoms with van der Waals surface area (Å²) in [7, 11) is 1.59. The fourth-order valence-corrected chi connectivity index (χ4v) is 2.94. The number of hydrogen-bond acceptors (Lipinski definition) is 6. The number of nitrogens with zero attached hydrogens (tertiary/aromatic N) is 2. The molecule has 0 spiro atoms. The van der Waals surface area contributed by atoms with Gasteiger partial charge in [0.2, 0.25) is 0 Å². The second-order valence-corrected chi connectivity index (χ2v) is 8.00. The van der Waals surface area contributed by atoms with Crippen LogP contribution in [0.25, 0.3) is 11.3 Å². The highest BCUT2D eigenvalue weighted by Gasteiger charge is 2.33. The Morgan fingerprint density at radius 3 is 2.28 bits per heavy atom. The molecular formula is C21H26N4O4. The Hall–Kier alpha value is -3.16. The van der Waals surface area contributed by atoms with E-state index >= 15 is 0 Å². The number of pyridine rings is 2. The van der Waals surface area contributed by atoms with Crippen LogP contribution < -0.4 is 15.4 Å². The molecule has 2 aromatic rings. The molecule has 2 heterocycles. The number of aromatic nitrogens is 2. The van der Waals surface area contributed by atoms with Gasteiger partial charge in [0, 0.05) is 23.8 Å². The van der Waals surface area contributed by atoms with Crippen molar-refractivity contribution in [1.82, 2.24) is 20.6 Å². The number of nitrogens with one attached hydrogen (secondary N) is 2. The summed E-state index contributed by atoms with van der Waals surface area (Å²) in [6.07, 6.45) is 4.15. The summed E-state index contributed by atoms with van der Waals surface area (Å²) in [6.45, 7) is 5.46. The largest absolute Gasteiger partial charge is 0.495 e. The van der Waals surface area contributed by atoms with Gasteiger partial charge in [-0.1, -0.05) is 0 Å². The van der Waals surface area contributed by atoms with Crippen LogP contribution in [0.3, 0.4) is 0 Å². The Bertz CT molecular complexity index is 854. The van der Waals surface area contributed by atoms with Gasteiger partial charge in [-0.3, -0.25) is 14.8 Å². The number of ether oxygens (including phenoxy) is 2. The number of carbonyl (C=O) groups is 2. The number of hydrogen-bond donors (Lipinski definition) is 2. The fraction of sp³-hybridized carbons (Fsp3) is 0.429. The van der Waals surface area contributed by atoms with Gasteiger partial charge in [-0.25, -0.2) is 4.79 Å². The summed E-state index contributed by atoms with van der Waals surface area (Å²) in [5, 5.41) is 5.74. The van der Waals surface area contributed by atoms with Crippen LogP contribution in [0, 0.1) is 0 Å². The van der Waals surface area contributed by atoms with E-state index in [0.717, 1.165) is 11.3 Å². The van der Waals surface area contributed by atoms with E-state index in [4.69, 9.17) is 9.47 Å². The summed E-state index contributed by atoms with van der Waals surface area (Å²) in [5.41, 5.74) is 1.38. The minimum Gasteiger partial charge on any atom is -0.495 e. The summed E-state index contributed by atoms with van der Waals surface area (Å²) < 4.78 is 10.3. The van der Waals surface area contributed by atoms with Gasteiger partial charge < -0.3 is 20.1 Å². The molecule has 2 N–H and O–H groups in total. The smallest absolute Gasteiger partial charge is 0.407 e. The molecule has 154 valence electrons. The Kier molecular flexibility index (Phi) is 6.00. The van der Waals surface area contributed by atoms with Crippen molar-refractivity contribution in [3.63, 3.8) is 0 Å². The number of rotatable bonds is 5. The highest BCUT2D eigenvalue weighted by molar-refractivity contribution is 5.92. The lowest BCUT2D eigenvalue weighted by molar-refractivity contribution is 0.0465. The molecule has 0 saturated heterocycles. The maximum absolute atomic E-state index is 12.4. The van der Waals surface area contributed by atoms with E-state index in [2.05, 4.69) is 20.6 Å². The lowest BCUT2D eigenvalue weighted by atomic mass is 9.87. The van der Waals surface area contributed by atoms with E-state index in [-0.39, 0.29) is 18.0 Å². The minimum absolute atomic E-state index is 0.00614. The van der Waals surface area contributed by atoms with Crippen LogP contribution in [-0.2, 0) is 4.74 Å². The first-order valence-corrected chi connectivity index (χ1v) is 9.50. The molecule has 1 aliphatic rings. The molecule has 0 bridgehead atoms. The maximum atomic E-state index is 12.4. The monoisotopic (exact) mass is 398 g/mol. The number of alkyl carbamates (subject to hydrolysis) is 1. The zero-order valence-corrected chi connectivity index (χ0v) is 17.1. The van der Waals surface area contributed by atoms with E-state index < -0.39 is 11.7 Å². The molecule has 1 saturated carbocycles. The number of carbonyl (C=O) groups excluding carboxylic acids is 2. The summed E-state index contributed by atoms with van der Waals surface area (Å²) in [4.78, 5) is 32.7. The Morgan fingerprint density at radius 2 is 1.72 bits per heavy atom. The minimum atomic E-state index is -0.527. The van der Waals surface area contributed by atoms with Crippen molar-refractivity contribution in [2.75, 3.05) is 7.11 Å². The number of amides is 2. The van der Waals surface area contributed by atoms with Crippen LogP contribution in [-0.4, -0.2) is 46.8 Å². The topological polar surface area (TPSA) is 102 Å². The van der Waals surface area contributed by atoms with E-state index in [0.29, 0.717) is 24.3 Å². The number of methoxy groups -OCH3 is 1. The van der Waals surface area contributed by atoms with Crippen molar-refractivity contribution < 1.29 is 19.1 Å². The van der Waals surface area contributed by atoms with E-state index in [1.165, 1.54) is 0 Å². The van der Waals surface area contributed by atoms with Gasteiger partial charge in [-0.2, -0.15) is 0 Å². The van der Waals surface area contributed by atoms with Crippen LogP contribution in [0.2, 0.25) is 0 Å². The van der Waals surface area contributed by atoms with Gasteiger partial charge in [-0.05, 0) is 57.9 Å². The predicted molar refractivity (Wildman–Crippen MR) is 108 cm³/mol. The first kappa shape index (κ1) is 20.6. The Morgan fingerprint density at radius 1 is 1.00 bits per heavy atom. The molecule has 1 aliphatic carbocycles. The zero-order valence-electron chi connectivity index (χ0n) is 17.1. The molecule has 0 aliphatic heterocycles. The zero-order chi connectivity index (χ0) is 21.0. The van der Waals surface area contributed by atoms with Crippen molar-refractivity contribution in [1.29, 1.82) is 0 Å². The highest BCUT2D eigenvalue weighted by Crippen LogP contribution is 2.22. The van der Waals surface area contributed by atoms with Crippen LogP contribution in [0.15, 0.2) is 36.7 Å². The molecule has 3 rings (SSSR count). The third-order valence-electron chi connectivity index (χ3n) is 4.46. The van der Waals surface area contributed by atoms with Crippen LogP contribution in [0.1, 0.15) is 44.1 Å². The first-order chi connectivity index (χ1) is 13.7. The van der Waals surface area contributed by atoms with Gasteiger partial charge in [-0.15, -0.1) is 0 Å². The standard InChI is InChI=1S/C21H26N4O4/c1-21(2,3)29-20(27)25-15-9-14(10-15)24-19(26)18-7-5-13(11-22-18)17-8-6-16(28-4)12-23-17/h5-8,11-12,14-15H,9-10H2,1-4H3,(H,24,26)(H,25,27). The molecule has 0 radical (unpaired) electrons. The lowest BCUT2D eigenvalue weighted by Gasteiger charge is -2.36. The molecule has 2 amide bonds. The summed E-state index contributed by atoms with van der Waals surface area (Å²) in [5.74, 6) is 0.442. The van der Waals surface area contributed by atoms with Crippen LogP contribution in [0.5, 0.6) is 5.75 Å². The highest BCUT2D eigenvalue weighted by atomic mass is 16.6. The normalized spacial score (nSPS) is 18.3. The molecule has 0 unspecified atom stereocenters. The third-order valence-corrected chi connectivity index (χ3v) is 4.46. The summed E-state index contributed by atoms with van der Waals surface area (Å²) in [6, 6.07) is 7.15. The van der Waals surface area contributed by atoms with Gasteiger partial charge in [0.1, 0.15) is 17.0 Å². The lowest BCUT2D eigenvalue weighted by Crippen LogP contribution is -2.54. The third kappa shape index (κ3) is 5.66. The maximum Gasteiger partial charge on any atom is 0.407 e. The van der Waals surface area contributed by atoms with Gasteiger partial charge in [0.05, 0.1) is 19.0 Å².